The van der Waals surface area contributed by atoms with E-state index in [-0.39, 0.29) is 5.54 Å². The summed E-state index contributed by atoms with van der Waals surface area (Å²) < 4.78 is 0. The van der Waals surface area contributed by atoms with Crippen LogP contribution in [0.25, 0.3) is 0 Å². The molecule has 0 saturated heterocycles. The summed E-state index contributed by atoms with van der Waals surface area (Å²) in [6.07, 6.45) is 6.31. The highest BCUT2D eigenvalue weighted by molar-refractivity contribution is 5.94. The van der Waals surface area contributed by atoms with Crippen molar-refractivity contribution in [2.45, 2.75) is 31.7 Å². The van der Waals surface area contributed by atoms with E-state index in [9.17, 15) is 4.79 Å². The fraction of sp³-hybridized carbons (Fsp3) is 0.455. The van der Waals surface area contributed by atoms with Crippen LogP contribution in [0.3, 0.4) is 0 Å². The van der Waals surface area contributed by atoms with E-state index in [1.807, 2.05) is 0 Å². The van der Waals surface area contributed by atoms with E-state index in [0.29, 0.717) is 11.3 Å². The number of hydrogen-bond acceptors (Lipinski definition) is 3. The van der Waals surface area contributed by atoms with Crippen LogP contribution in [-0.2, 0) is 0 Å². The van der Waals surface area contributed by atoms with Crippen LogP contribution in [-0.4, -0.2) is 21.6 Å². The predicted octanol–water partition coefficient (Wildman–Crippen LogP) is 2.13. The highest BCUT2D eigenvalue weighted by atomic mass is 16.4. The smallest absolute Gasteiger partial charge is 0.337 e. The minimum absolute atomic E-state index is 0.118. The molecule has 1 aromatic heterocycles. The SMILES string of the molecule is CCC1(Nc2cnccc2C(=O)O)CC1. The van der Waals surface area contributed by atoms with Gasteiger partial charge in [-0.1, -0.05) is 6.92 Å². The normalized spacial score (nSPS) is 17.1. The van der Waals surface area contributed by atoms with Gasteiger partial charge in [-0.15, -0.1) is 0 Å². The molecule has 1 heterocycles. The van der Waals surface area contributed by atoms with Crippen molar-refractivity contribution in [3.8, 4) is 0 Å². The largest absolute Gasteiger partial charge is 0.478 e. The summed E-state index contributed by atoms with van der Waals surface area (Å²) in [4.78, 5) is 14.9. The van der Waals surface area contributed by atoms with Crippen LogP contribution in [0, 0.1) is 0 Å². The molecule has 0 amide bonds. The third kappa shape index (κ3) is 1.93. The molecule has 4 nitrogen and oxygen atoms in total. The Labute approximate surface area is 88.3 Å². The Morgan fingerprint density at radius 3 is 2.93 bits per heavy atom. The molecule has 0 aliphatic heterocycles. The Morgan fingerprint density at radius 2 is 2.40 bits per heavy atom. The molecule has 80 valence electrons. The molecule has 0 bridgehead atoms. The fourth-order valence-corrected chi connectivity index (χ4v) is 1.68. The van der Waals surface area contributed by atoms with Crippen LogP contribution in [0.1, 0.15) is 36.5 Å². The van der Waals surface area contributed by atoms with Crippen molar-refractivity contribution in [2.75, 3.05) is 5.32 Å². The van der Waals surface area contributed by atoms with Gasteiger partial charge in [0, 0.05) is 11.7 Å². The number of carboxylic acids is 1. The topological polar surface area (TPSA) is 62.2 Å². The molecule has 0 radical (unpaired) electrons. The standard InChI is InChI=1S/C11H14N2O2/c1-2-11(4-5-11)13-9-7-12-6-3-8(9)10(14)15/h3,6-7,13H,2,4-5H2,1H3,(H,14,15). The Bertz CT molecular complexity index is 386. The molecule has 2 rings (SSSR count). The summed E-state index contributed by atoms with van der Waals surface area (Å²) in [5.74, 6) is -0.910. The van der Waals surface area contributed by atoms with Gasteiger partial charge < -0.3 is 10.4 Å². The van der Waals surface area contributed by atoms with Gasteiger partial charge in [-0.05, 0) is 25.3 Å². The summed E-state index contributed by atoms with van der Waals surface area (Å²) in [7, 11) is 0. The number of carbonyl (C=O) groups is 1. The molecule has 1 aliphatic rings. The van der Waals surface area contributed by atoms with Gasteiger partial charge in [0.05, 0.1) is 17.4 Å². The molecular formula is C11H14N2O2. The van der Waals surface area contributed by atoms with Gasteiger partial charge in [-0.25, -0.2) is 4.79 Å². The van der Waals surface area contributed by atoms with Gasteiger partial charge in [0.1, 0.15) is 0 Å². The number of aromatic carboxylic acids is 1. The molecule has 1 aromatic rings. The number of anilines is 1. The summed E-state index contributed by atoms with van der Waals surface area (Å²) in [6, 6.07) is 1.52. The highest BCUT2D eigenvalue weighted by Crippen LogP contribution is 2.42. The summed E-state index contributed by atoms with van der Waals surface area (Å²) in [5, 5.41) is 12.3. The van der Waals surface area contributed by atoms with Crippen LogP contribution < -0.4 is 5.32 Å². The lowest BCUT2D eigenvalue weighted by molar-refractivity contribution is 0.0698. The van der Waals surface area contributed by atoms with Crippen molar-refractivity contribution in [1.29, 1.82) is 0 Å². The number of nitrogens with zero attached hydrogens (tertiary/aromatic N) is 1. The number of aromatic nitrogens is 1. The number of rotatable bonds is 4. The number of carboxylic acid groups (broad SMARTS) is 1. The first-order valence-electron chi connectivity index (χ1n) is 5.12. The molecular weight excluding hydrogens is 192 g/mol. The van der Waals surface area contributed by atoms with Crippen LogP contribution in [0.4, 0.5) is 5.69 Å². The van der Waals surface area contributed by atoms with Crippen molar-refractivity contribution < 1.29 is 9.90 Å². The monoisotopic (exact) mass is 206 g/mol. The van der Waals surface area contributed by atoms with Gasteiger partial charge in [-0.3, -0.25) is 4.98 Å². The zero-order valence-electron chi connectivity index (χ0n) is 8.66. The Morgan fingerprint density at radius 1 is 1.67 bits per heavy atom. The lowest BCUT2D eigenvalue weighted by Crippen LogP contribution is -2.21. The molecule has 0 spiro atoms. The second kappa shape index (κ2) is 3.53. The lowest BCUT2D eigenvalue weighted by Gasteiger charge is -2.17. The van der Waals surface area contributed by atoms with E-state index in [1.165, 1.54) is 12.3 Å². The number of hydrogen-bond donors (Lipinski definition) is 2. The van der Waals surface area contributed by atoms with Gasteiger partial charge in [0.25, 0.3) is 0 Å². The molecule has 2 N–H and O–H groups in total. The van der Waals surface area contributed by atoms with E-state index in [4.69, 9.17) is 5.11 Å². The maximum absolute atomic E-state index is 10.9. The van der Waals surface area contributed by atoms with Crippen LogP contribution >= 0.6 is 0 Å². The third-order valence-corrected chi connectivity index (χ3v) is 2.98. The van der Waals surface area contributed by atoms with Crippen molar-refractivity contribution in [3.63, 3.8) is 0 Å². The molecule has 1 aliphatic carbocycles. The van der Waals surface area contributed by atoms with Crippen LogP contribution in [0.2, 0.25) is 0 Å². The van der Waals surface area contributed by atoms with E-state index in [0.717, 1.165) is 19.3 Å². The molecule has 0 atom stereocenters. The molecule has 1 fully saturated rings. The van der Waals surface area contributed by atoms with Crippen molar-refractivity contribution >= 4 is 11.7 Å². The second-order valence-electron chi connectivity index (χ2n) is 3.99. The summed E-state index contributed by atoms with van der Waals surface area (Å²) in [5.41, 5.74) is 1.04. The van der Waals surface area contributed by atoms with Crippen molar-refractivity contribution in [3.05, 3.63) is 24.0 Å². The van der Waals surface area contributed by atoms with Gasteiger partial charge in [0.15, 0.2) is 0 Å². The van der Waals surface area contributed by atoms with Gasteiger partial charge in [-0.2, -0.15) is 0 Å². The van der Waals surface area contributed by atoms with E-state index in [2.05, 4.69) is 17.2 Å². The number of nitrogens with one attached hydrogen (secondary N) is 1. The first-order valence-corrected chi connectivity index (χ1v) is 5.12. The van der Waals surface area contributed by atoms with Crippen LogP contribution in [0.15, 0.2) is 18.5 Å². The number of pyridine rings is 1. The van der Waals surface area contributed by atoms with Crippen molar-refractivity contribution in [1.82, 2.24) is 4.98 Å². The summed E-state index contributed by atoms with van der Waals surface area (Å²) >= 11 is 0. The molecule has 0 aromatic carbocycles. The lowest BCUT2D eigenvalue weighted by atomic mass is 10.1. The van der Waals surface area contributed by atoms with E-state index >= 15 is 0 Å². The minimum atomic E-state index is -0.910. The molecule has 1 saturated carbocycles. The van der Waals surface area contributed by atoms with E-state index in [1.54, 1.807) is 6.20 Å². The van der Waals surface area contributed by atoms with Gasteiger partial charge >= 0.3 is 5.97 Å². The Balaban J connectivity index is 2.24. The van der Waals surface area contributed by atoms with Crippen molar-refractivity contribution in [2.24, 2.45) is 0 Å². The molecule has 4 heteroatoms. The molecule has 0 unspecified atom stereocenters. The minimum Gasteiger partial charge on any atom is -0.478 e. The van der Waals surface area contributed by atoms with Crippen LogP contribution in [0.5, 0.6) is 0 Å². The third-order valence-electron chi connectivity index (χ3n) is 2.98. The highest BCUT2D eigenvalue weighted by Gasteiger charge is 2.41. The summed E-state index contributed by atoms with van der Waals surface area (Å²) in [6.45, 7) is 2.11. The quantitative estimate of drug-likeness (QED) is 0.792. The van der Waals surface area contributed by atoms with Gasteiger partial charge in [0.2, 0.25) is 0 Å². The second-order valence-corrected chi connectivity index (χ2v) is 3.99. The fourth-order valence-electron chi connectivity index (χ4n) is 1.68. The van der Waals surface area contributed by atoms with E-state index < -0.39 is 5.97 Å². The first-order chi connectivity index (χ1) is 7.17. The zero-order chi connectivity index (χ0) is 10.9. The zero-order valence-corrected chi connectivity index (χ0v) is 8.66. The maximum Gasteiger partial charge on any atom is 0.337 e. The Hall–Kier alpha value is -1.58. The first kappa shape index (κ1) is 9.96. The Kier molecular flexibility index (Phi) is 2.34. The average Bonchev–Trinajstić information content (AvgIpc) is 2.99. The predicted molar refractivity (Wildman–Crippen MR) is 57.1 cm³/mol. The average molecular weight is 206 g/mol. The maximum atomic E-state index is 10.9. The molecule has 15 heavy (non-hydrogen) atoms.